The molecule has 7 nitrogen and oxygen atoms in total. The molecule has 1 atom stereocenters. The molecule has 0 saturated carbocycles. The maximum atomic E-state index is 14.5. The lowest BCUT2D eigenvalue weighted by Gasteiger charge is -2.33. The molecule has 0 bridgehead atoms. The van der Waals surface area contributed by atoms with Crippen molar-refractivity contribution in [3.8, 4) is 0 Å². The van der Waals surface area contributed by atoms with Crippen molar-refractivity contribution in [2.24, 2.45) is 11.0 Å². The van der Waals surface area contributed by atoms with Gasteiger partial charge >= 0.3 is 0 Å². The van der Waals surface area contributed by atoms with E-state index in [2.05, 4.69) is 10.0 Å². The summed E-state index contributed by atoms with van der Waals surface area (Å²) in [4.78, 5) is 18.5. The fourth-order valence-electron chi connectivity index (χ4n) is 3.19. The molecule has 0 aliphatic carbocycles. The molecule has 0 aromatic heterocycles. The average molecular weight is 333 g/mol. The summed E-state index contributed by atoms with van der Waals surface area (Å²) in [5.41, 5.74) is 9.53. The number of halogens is 1. The van der Waals surface area contributed by atoms with Crippen molar-refractivity contribution >= 4 is 17.3 Å². The topological polar surface area (TPSA) is 81.5 Å². The Morgan fingerprint density at radius 1 is 1.38 bits per heavy atom. The third-order valence-electron chi connectivity index (χ3n) is 4.51. The molecule has 128 valence electrons. The number of nitrogens with zero attached hydrogens (tertiary/aromatic N) is 5. The number of morpholine rings is 1. The molecule has 2 fully saturated rings. The Hall–Kier alpha value is -2.31. The van der Waals surface area contributed by atoms with Gasteiger partial charge in [0.2, 0.25) is 5.91 Å². The van der Waals surface area contributed by atoms with E-state index in [0.29, 0.717) is 63.6 Å². The number of piperidine rings is 1. The van der Waals surface area contributed by atoms with Crippen molar-refractivity contribution in [1.82, 2.24) is 0 Å². The van der Waals surface area contributed by atoms with Crippen LogP contribution in [-0.4, -0.2) is 45.3 Å². The third-order valence-corrected chi connectivity index (χ3v) is 4.51. The van der Waals surface area contributed by atoms with E-state index in [1.165, 1.54) is 6.07 Å². The van der Waals surface area contributed by atoms with E-state index in [1.807, 2.05) is 4.90 Å². The van der Waals surface area contributed by atoms with Gasteiger partial charge in [-0.1, -0.05) is 5.11 Å². The first-order valence-corrected chi connectivity index (χ1v) is 8.12. The van der Waals surface area contributed by atoms with Crippen molar-refractivity contribution in [2.75, 3.05) is 49.2 Å². The van der Waals surface area contributed by atoms with E-state index in [9.17, 15) is 9.18 Å². The second kappa shape index (κ2) is 7.51. The van der Waals surface area contributed by atoms with Gasteiger partial charge in [-0.05, 0) is 36.1 Å². The van der Waals surface area contributed by atoms with Gasteiger partial charge in [-0.2, -0.15) is 0 Å². The molecule has 1 aromatic carbocycles. The molecule has 2 aliphatic heterocycles. The molecule has 2 saturated heterocycles. The first-order valence-electron chi connectivity index (χ1n) is 8.12. The van der Waals surface area contributed by atoms with E-state index in [-0.39, 0.29) is 17.6 Å². The number of carbonyl (C=O) groups is 1. The minimum atomic E-state index is -0.334. The molecular weight excluding hydrogens is 313 g/mol. The highest BCUT2D eigenvalue weighted by Crippen LogP contribution is 2.29. The number of amides is 1. The first kappa shape index (κ1) is 16.5. The second-order valence-electron chi connectivity index (χ2n) is 6.06. The van der Waals surface area contributed by atoms with Crippen LogP contribution < -0.4 is 9.80 Å². The SMILES string of the molecule is [N-]=[N+]=NC[C@@H]1CCC(=O)N(c2ccc(N3CCOCC3)c(F)c2)C1. The van der Waals surface area contributed by atoms with Crippen LogP contribution in [0.3, 0.4) is 0 Å². The normalized spacial score (nSPS) is 21.5. The summed E-state index contributed by atoms with van der Waals surface area (Å²) in [5.74, 6) is -0.245. The minimum Gasteiger partial charge on any atom is -0.378 e. The number of hydrogen-bond acceptors (Lipinski definition) is 4. The van der Waals surface area contributed by atoms with Gasteiger partial charge in [-0.15, -0.1) is 0 Å². The third kappa shape index (κ3) is 3.60. The highest BCUT2D eigenvalue weighted by Gasteiger charge is 2.27. The van der Waals surface area contributed by atoms with Gasteiger partial charge in [0.1, 0.15) is 5.82 Å². The highest BCUT2D eigenvalue weighted by molar-refractivity contribution is 5.94. The van der Waals surface area contributed by atoms with E-state index in [1.54, 1.807) is 17.0 Å². The van der Waals surface area contributed by atoms with Crippen molar-refractivity contribution in [1.29, 1.82) is 0 Å². The van der Waals surface area contributed by atoms with Crippen LogP contribution >= 0.6 is 0 Å². The lowest BCUT2D eigenvalue weighted by molar-refractivity contribution is -0.120. The molecule has 0 radical (unpaired) electrons. The Bertz CT molecular complexity index is 656. The number of anilines is 2. The molecule has 24 heavy (non-hydrogen) atoms. The van der Waals surface area contributed by atoms with E-state index in [0.717, 1.165) is 0 Å². The Balaban J connectivity index is 1.76. The van der Waals surface area contributed by atoms with Gasteiger partial charge in [0.25, 0.3) is 0 Å². The molecule has 2 heterocycles. The predicted octanol–water partition coefficient (Wildman–Crippen LogP) is 2.72. The maximum Gasteiger partial charge on any atom is 0.226 e. The zero-order valence-corrected chi connectivity index (χ0v) is 13.4. The lowest BCUT2D eigenvalue weighted by Crippen LogP contribution is -2.41. The van der Waals surface area contributed by atoms with Crippen LogP contribution in [0.4, 0.5) is 15.8 Å². The van der Waals surface area contributed by atoms with Gasteiger partial charge in [-0.3, -0.25) is 4.79 Å². The monoisotopic (exact) mass is 333 g/mol. The van der Waals surface area contributed by atoms with Gasteiger partial charge in [0.15, 0.2) is 0 Å². The Labute approximate surface area is 139 Å². The zero-order chi connectivity index (χ0) is 16.9. The Morgan fingerprint density at radius 2 is 2.17 bits per heavy atom. The number of azide groups is 1. The van der Waals surface area contributed by atoms with Crippen LogP contribution in [0.5, 0.6) is 0 Å². The fraction of sp³-hybridized carbons (Fsp3) is 0.562. The van der Waals surface area contributed by atoms with Crippen molar-refractivity contribution < 1.29 is 13.9 Å². The molecule has 0 spiro atoms. The standard InChI is InChI=1S/C16H20FN5O2/c17-14-9-13(2-3-15(14)21-5-7-24-8-6-21)22-11-12(10-19-20-18)1-4-16(22)23/h2-3,9,12H,1,4-8,10-11H2/t12-/m0/s1. The van der Waals surface area contributed by atoms with E-state index < -0.39 is 0 Å². The van der Waals surface area contributed by atoms with Crippen molar-refractivity contribution in [3.05, 3.63) is 34.5 Å². The summed E-state index contributed by atoms with van der Waals surface area (Å²) in [6, 6.07) is 4.92. The molecule has 0 N–H and O–H groups in total. The Morgan fingerprint density at radius 3 is 2.88 bits per heavy atom. The largest absolute Gasteiger partial charge is 0.378 e. The summed E-state index contributed by atoms with van der Waals surface area (Å²) >= 11 is 0. The van der Waals surface area contributed by atoms with Crippen LogP contribution in [0.2, 0.25) is 0 Å². The summed E-state index contributed by atoms with van der Waals surface area (Å²) < 4.78 is 19.8. The van der Waals surface area contributed by atoms with Gasteiger partial charge < -0.3 is 14.5 Å². The molecular formula is C16H20FN5O2. The van der Waals surface area contributed by atoms with Crippen molar-refractivity contribution in [2.45, 2.75) is 12.8 Å². The molecule has 1 amide bonds. The van der Waals surface area contributed by atoms with Gasteiger partial charge in [-0.25, -0.2) is 4.39 Å². The molecule has 1 aromatic rings. The number of carbonyl (C=O) groups excluding carboxylic acids is 1. The molecule has 8 heteroatoms. The number of ether oxygens (including phenoxy) is 1. The molecule has 0 unspecified atom stereocenters. The molecule has 3 rings (SSSR count). The second-order valence-corrected chi connectivity index (χ2v) is 6.06. The predicted molar refractivity (Wildman–Crippen MR) is 88.5 cm³/mol. The fourth-order valence-corrected chi connectivity index (χ4v) is 3.19. The zero-order valence-electron chi connectivity index (χ0n) is 13.4. The summed E-state index contributed by atoms with van der Waals surface area (Å²) in [6.07, 6.45) is 1.08. The number of rotatable bonds is 4. The summed E-state index contributed by atoms with van der Waals surface area (Å²) in [6.45, 7) is 3.31. The van der Waals surface area contributed by atoms with E-state index >= 15 is 0 Å². The van der Waals surface area contributed by atoms with Crippen LogP contribution in [0.1, 0.15) is 12.8 Å². The van der Waals surface area contributed by atoms with E-state index in [4.69, 9.17) is 10.3 Å². The minimum absolute atomic E-state index is 0.0225. The Kier molecular flexibility index (Phi) is 5.17. The lowest BCUT2D eigenvalue weighted by atomic mass is 9.97. The molecule has 2 aliphatic rings. The van der Waals surface area contributed by atoms with Crippen molar-refractivity contribution in [3.63, 3.8) is 0 Å². The maximum absolute atomic E-state index is 14.5. The average Bonchev–Trinajstić information content (AvgIpc) is 2.61. The van der Waals surface area contributed by atoms with Gasteiger partial charge in [0.05, 0.1) is 18.9 Å². The number of hydrogen-bond donors (Lipinski definition) is 0. The smallest absolute Gasteiger partial charge is 0.226 e. The quantitative estimate of drug-likeness (QED) is 0.482. The van der Waals surface area contributed by atoms with Crippen LogP contribution in [0.15, 0.2) is 23.3 Å². The summed E-state index contributed by atoms with van der Waals surface area (Å²) in [7, 11) is 0. The summed E-state index contributed by atoms with van der Waals surface area (Å²) in [5, 5.41) is 3.59. The first-order chi connectivity index (χ1) is 11.7. The van der Waals surface area contributed by atoms with Crippen LogP contribution in [0.25, 0.3) is 10.4 Å². The van der Waals surface area contributed by atoms with Crippen LogP contribution in [-0.2, 0) is 9.53 Å². The highest BCUT2D eigenvalue weighted by atomic mass is 19.1. The number of benzene rings is 1. The van der Waals surface area contributed by atoms with Gasteiger partial charge in [0, 0.05) is 43.2 Å². The van der Waals surface area contributed by atoms with Crippen LogP contribution in [0, 0.1) is 11.7 Å².